The third-order valence-corrected chi connectivity index (χ3v) is 6.81. The van der Waals surface area contributed by atoms with Gasteiger partial charge < -0.3 is 14.7 Å². The lowest BCUT2D eigenvalue weighted by Crippen LogP contribution is -2.34. The molecule has 1 amide bonds. The Morgan fingerprint density at radius 3 is 2.31 bits per heavy atom. The van der Waals surface area contributed by atoms with Crippen LogP contribution in [0.25, 0.3) is 11.1 Å². The average Bonchev–Trinajstić information content (AvgIpc) is 2.97. The van der Waals surface area contributed by atoms with Crippen LogP contribution in [-0.2, 0) is 4.74 Å². The Bertz CT molecular complexity index is 849. The minimum absolute atomic E-state index is 0.0628. The molecule has 2 fully saturated rings. The molecule has 2 aromatic carbocycles. The topological polar surface area (TPSA) is 49.8 Å². The average molecular weight is 349 g/mol. The summed E-state index contributed by atoms with van der Waals surface area (Å²) in [6.45, 7) is 3.95. The van der Waals surface area contributed by atoms with Gasteiger partial charge in [0.1, 0.15) is 6.61 Å². The van der Waals surface area contributed by atoms with E-state index >= 15 is 0 Å². The lowest BCUT2D eigenvalue weighted by Gasteiger charge is -2.22. The molecule has 134 valence electrons. The molecule has 0 unspecified atom stereocenters. The highest BCUT2D eigenvalue weighted by Gasteiger charge is 2.69. The molecule has 1 aliphatic heterocycles. The van der Waals surface area contributed by atoms with E-state index in [0.717, 1.165) is 6.42 Å². The van der Waals surface area contributed by atoms with Crippen molar-refractivity contribution in [2.75, 3.05) is 26.3 Å². The summed E-state index contributed by atoms with van der Waals surface area (Å²) in [5.41, 5.74) is 4.89. The van der Waals surface area contributed by atoms with Gasteiger partial charge in [-0.2, -0.15) is 0 Å². The van der Waals surface area contributed by atoms with E-state index in [-0.39, 0.29) is 29.4 Å². The van der Waals surface area contributed by atoms with Crippen LogP contribution < -0.4 is 0 Å². The number of fused-ring (bicyclic) bond motifs is 4. The highest BCUT2D eigenvalue weighted by Crippen LogP contribution is 2.67. The molecule has 1 saturated carbocycles. The number of likely N-dealkylation sites (tertiary alicyclic amines) is 1. The summed E-state index contributed by atoms with van der Waals surface area (Å²) < 4.78 is 5.73. The highest BCUT2D eigenvalue weighted by molar-refractivity contribution is 5.79. The summed E-state index contributed by atoms with van der Waals surface area (Å²) in [6, 6.07) is 16.7. The minimum Gasteiger partial charge on any atom is -0.448 e. The van der Waals surface area contributed by atoms with Gasteiger partial charge in [-0.1, -0.05) is 55.5 Å². The Labute approximate surface area is 153 Å². The van der Waals surface area contributed by atoms with Gasteiger partial charge in [0, 0.05) is 24.4 Å². The predicted molar refractivity (Wildman–Crippen MR) is 98.9 cm³/mol. The van der Waals surface area contributed by atoms with Crippen molar-refractivity contribution in [2.45, 2.75) is 19.3 Å². The van der Waals surface area contributed by atoms with Gasteiger partial charge in [-0.25, -0.2) is 4.79 Å². The number of hydrogen-bond donors (Lipinski definition) is 1. The Kier molecular flexibility index (Phi) is 3.26. The van der Waals surface area contributed by atoms with Crippen LogP contribution in [0.5, 0.6) is 0 Å². The van der Waals surface area contributed by atoms with Crippen LogP contribution in [0.4, 0.5) is 4.79 Å². The zero-order chi connectivity index (χ0) is 17.9. The molecule has 2 aliphatic carbocycles. The molecule has 0 radical (unpaired) electrons. The number of carbonyl (C=O) groups excluding carboxylic acids is 1. The van der Waals surface area contributed by atoms with Gasteiger partial charge in [0.05, 0.1) is 6.61 Å². The number of carbonyl (C=O) groups is 1. The van der Waals surface area contributed by atoms with E-state index in [1.165, 1.54) is 22.3 Å². The molecule has 0 bridgehead atoms. The maximum absolute atomic E-state index is 12.6. The summed E-state index contributed by atoms with van der Waals surface area (Å²) in [5.74, 6) is 0.0888. The van der Waals surface area contributed by atoms with Gasteiger partial charge in [0.25, 0.3) is 0 Å². The first-order chi connectivity index (χ1) is 12.6. The Morgan fingerprint density at radius 1 is 1.12 bits per heavy atom. The molecule has 4 heteroatoms. The van der Waals surface area contributed by atoms with Crippen LogP contribution in [0.15, 0.2) is 48.5 Å². The van der Waals surface area contributed by atoms with Gasteiger partial charge in [0.2, 0.25) is 0 Å². The molecule has 2 aromatic rings. The van der Waals surface area contributed by atoms with Gasteiger partial charge in [0.15, 0.2) is 0 Å². The molecule has 1 N–H and O–H groups in total. The van der Waals surface area contributed by atoms with Crippen molar-refractivity contribution in [1.29, 1.82) is 0 Å². The predicted octanol–water partition coefficient (Wildman–Crippen LogP) is 3.64. The van der Waals surface area contributed by atoms with Crippen molar-refractivity contribution in [2.24, 2.45) is 10.8 Å². The largest absolute Gasteiger partial charge is 0.448 e. The maximum atomic E-state index is 12.6. The van der Waals surface area contributed by atoms with Crippen LogP contribution in [0.3, 0.4) is 0 Å². The van der Waals surface area contributed by atoms with E-state index < -0.39 is 0 Å². The van der Waals surface area contributed by atoms with Crippen molar-refractivity contribution in [3.63, 3.8) is 0 Å². The van der Waals surface area contributed by atoms with E-state index in [0.29, 0.717) is 19.7 Å². The van der Waals surface area contributed by atoms with E-state index in [9.17, 15) is 9.90 Å². The van der Waals surface area contributed by atoms with Crippen LogP contribution >= 0.6 is 0 Å². The SMILES string of the molecule is C[C@@]12CN(C(=O)OCC3c4ccccc4-c4ccccc43)C[C@]1(CO)C2. The van der Waals surface area contributed by atoms with Gasteiger partial charge in [-0.15, -0.1) is 0 Å². The van der Waals surface area contributed by atoms with E-state index in [4.69, 9.17) is 4.74 Å². The molecule has 26 heavy (non-hydrogen) atoms. The number of nitrogens with zero attached hydrogens (tertiary/aromatic N) is 1. The summed E-state index contributed by atoms with van der Waals surface area (Å²) in [7, 11) is 0. The quantitative estimate of drug-likeness (QED) is 0.920. The van der Waals surface area contributed by atoms with Crippen LogP contribution in [0.1, 0.15) is 30.4 Å². The second-order valence-electron chi connectivity index (χ2n) is 8.34. The first kappa shape index (κ1) is 15.9. The number of piperidine rings is 1. The van der Waals surface area contributed by atoms with Crippen molar-refractivity contribution in [3.05, 3.63) is 59.7 Å². The number of hydrogen-bond acceptors (Lipinski definition) is 3. The number of benzene rings is 2. The maximum Gasteiger partial charge on any atom is 0.409 e. The Hall–Kier alpha value is -2.33. The van der Waals surface area contributed by atoms with Gasteiger partial charge in [-0.05, 0) is 34.1 Å². The Morgan fingerprint density at radius 2 is 1.73 bits per heavy atom. The second-order valence-corrected chi connectivity index (χ2v) is 8.34. The van der Waals surface area contributed by atoms with Crippen molar-refractivity contribution in [1.82, 2.24) is 4.90 Å². The normalized spacial score (nSPS) is 28.5. The third-order valence-electron chi connectivity index (χ3n) is 6.81. The van der Waals surface area contributed by atoms with E-state index in [1.807, 2.05) is 12.1 Å². The van der Waals surface area contributed by atoms with E-state index in [1.54, 1.807) is 4.90 Å². The standard InChI is InChI=1S/C22H23NO3/c1-21-11-22(21,14-24)13-23(12-21)20(25)26-10-19-17-8-4-2-6-15(17)16-7-3-5-9-18(16)19/h2-9,19,24H,10-14H2,1H3/t21-,22+/m1/s1. The zero-order valence-corrected chi connectivity index (χ0v) is 14.9. The molecule has 1 saturated heterocycles. The number of aliphatic hydroxyl groups is 1. The molecular weight excluding hydrogens is 326 g/mol. The van der Waals surface area contributed by atoms with Crippen molar-refractivity contribution in [3.8, 4) is 11.1 Å². The van der Waals surface area contributed by atoms with Gasteiger partial charge >= 0.3 is 6.09 Å². The lowest BCUT2D eigenvalue weighted by molar-refractivity contribution is 0.0973. The van der Waals surface area contributed by atoms with E-state index in [2.05, 4.69) is 43.3 Å². The van der Waals surface area contributed by atoms with Crippen LogP contribution in [-0.4, -0.2) is 42.4 Å². The third kappa shape index (κ3) is 2.08. The van der Waals surface area contributed by atoms with Crippen LogP contribution in [0, 0.1) is 10.8 Å². The lowest BCUT2D eigenvalue weighted by atomic mass is 9.98. The van der Waals surface area contributed by atoms with Crippen molar-refractivity contribution >= 4 is 6.09 Å². The molecule has 3 aliphatic rings. The number of aliphatic hydroxyl groups excluding tert-OH is 1. The number of amides is 1. The highest BCUT2D eigenvalue weighted by atomic mass is 16.6. The minimum atomic E-state index is -0.256. The molecule has 2 atom stereocenters. The van der Waals surface area contributed by atoms with Gasteiger partial charge in [-0.3, -0.25) is 0 Å². The molecule has 5 rings (SSSR count). The summed E-state index contributed by atoms with van der Waals surface area (Å²) >= 11 is 0. The van der Waals surface area contributed by atoms with Crippen molar-refractivity contribution < 1.29 is 14.6 Å². The second kappa shape index (κ2) is 5.34. The molecule has 0 aromatic heterocycles. The van der Waals surface area contributed by atoms with Crippen LogP contribution in [0.2, 0.25) is 0 Å². The summed E-state index contributed by atoms with van der Waals surface area (Å²) in [5, 5.41) is 9.67. The fourth-order valence-corrected chi connectivity index (χ4v) is 5.13. The monoisotopic (exact) mass is 349 g/mol. The molecule has 4 nitrogen and oxygen atoms in total. The zero-order valence-electron chi connectivity index (χ0n) is 14.9. The fraction of sp³-hybridized carbons (Fsp3) is 0.409. The number of rotatable bonds is 3. The first-order valence-electron chi connectivity index (χ1n) is 9.28. The summed E-state index contributed by atoms with van der Waals surface area (Å²) in [6.07, 6.45) is 0.747. The molecule has 1 heterocycles. The number of ether oxygens (including phenoxy) is 1. The molecular formula is C22H23NO3. The smallest absolute Gasteiger partial charge is 0.409 e. The molecule has 0 spiro atoms. The fourth-order valence-electron chi connectivity index (χ4n) is 5.13. The summed E-state index contributed by atoms with van der Waals surface area (Å²) in [4.78, 5) is 14.4. The first-order valence-corrected chi connectivity index (χ1v) is 9.28. The Balaban J connectivity index is 1.33.